The standard InChI is InChI=1S/C17H35N3O/c1-18-17(14-21)11-5-7-15(17)8-12-20(4)13-16(19(2)3)9-6-10-16/h15,18,21H,5-14H2,1-4H3. The Morgan fingerprint density at radius 2 is 1.86 bits per heavy atom. The fourth-order valence-electron chi connectivity index (χ4n) is 4.47. The largest absolute Gasteiger partial charge is 0.394 e. The molecule has 2 atom stereocenters. The van der Waals surface area contributed by atoms with Gasteiger partial charge >= 0.3 is 0 Å². The van der Waals surface area contributed by atoms with Gasteiger partial charge in [0.1, 0.15) is 0 Å². The SMILES string of the molecule is CNC1(CO)CCCC1CCN(C)CC1(N(C)C)CCC1. The second-order valence-corrected chi connectivity index (χ2v) is 7.65. The highest BCUT2D eigenvalue weighted by molar-refractivity contribution is 5.00. The van der Waals surface area contributed by atoms with Crippen molar-refractivity contribution in [2.45, 2.75) is 56.0 Å². The molecular weight excluding hydrogens is 262 g/mol. The first kappa shape index (κ1) is 17.2. The average Bonchev–Trinajstić information content (AvgIpc) is 2.83. The van der Waals surface area contributed by atoms with Gasteiger partial charge in [0, 0.05) is 17.6 Å². The van der Waals surface area contributed by atoms with Gasteiger partial charge in [0.2, 0.25) is 0 Å². The van der Waals surface area contributed by atoms with Crippen LogP contribution in [0, 0.1) is 5.92 Å². The maximum atomic E-state index is 9.78. The molecule has 0 bridgehead atoms. The van der Waals surface area contributed by atoms with Crippen LogP contribution in [0.4, 0.5) is 0 Å². The molecule has 0 saturated heterocycles. The predicted molar refractivity (Wildman–Crippen MR) is 88.6 cm³/mol. The molecule has 0 aromatic heterocycles. The van der Waals surface area contributed by atoms with Crippen LogP contribution in [0.2, 0.25) is 0 Å². The zero-order valence-electron chi connectivity index (χ0n) is 14.5. The topological polar surface area (TPSA) is 38.7 Å². The van der Waals surface area contributed by atoms with Crippen molar-refractivity contribution in [3.63, 3.8) is 0 Å². The predicted octanol–water partition coefficient (Wildman–Crippen LogP) is 1.54. The third-order valence-electron chi connectivity index (χ3n) is 6.39. The van der Waals surface area contributed by atoms with Gasteiger partial charge in [-0.1, -0.05) is 6.42 Å². The summed E-state index contributed by atoms with van der Waals surface area (Å²) in [4.78, 5) is 4.93. The van der Waals surface area contributed by atoms with Crippen molar-refractivity contribution in [2.75, 3.05) is 47.9 Å². The third kappa shape index (κ3) is 3.44. The molecule has 21 heavy (non-hydrogen) atoms. The van der Waals surface area contributed by atoms with Gasteiger partial charge in [-0.15, -0.1) is 0 Å². The Bertz CT molecular complexity index is 324. The minimum Gasteiger partial charge on any atom is -0.394 e. The summed E-state index contributed by atoms with van der Waals surface area (Å²) in [6, 6.07) is 0. The Labute approximate surface area is 130 Å². The number of hydrogen-bond donors (Lipinski definition) is 2. The average molecular weight is 297 g/mol. The molecule has 2 N–H and O–H groups in total. The van der Waals surface area contributed by atoms with E-state index in [-0.39, 0.29) is 12.1 Å². The lowest BCUT2D eigenvalue weighted by Crippen LogP contribution is -2.57. The first-order valence-electron chi connectivity index (χ1n) is 8.64. The van der Waals surface area contributed by atoms with Gasteiger partial charge in [0.25, 0.3) is 0 Å². The van der Waals surface area contributed by atoms with E-state index in [1.807, 2.05) is 7.05 Å². The van der Waals surface area contributed by atoms with Gasteiger partial charge in [0.05, 0.1) is 6.61 Å². The van der Waals surface area contributed by atoms with Crippen molar-refractivity contribution >= 4 is 0 Å². The Morgan fingerprint density at radius 1 is 1.14 bits per heavy atom. The molecule has 2 saturated carbocycles. The van der Waals surface area contributed by atoms with E-state index in [4.69, 9.17) is 0 Å². The number of nitrogens with zero attached hydrogens (tertiary/aromatic N) is 2. The second-order valence-electron chi connectivity index (χ2n) is 7.65. The highest BCUT2D eigenvalue weighted by atomic mass is 16.3. The van der Waals surface area contributed by atoms with Crippen molar-refractivity contribution in [1.29, 1.82) is 0 Å². The van der Waals surface area contributed by atoms with Crippen molar-refractivity contribution in [3.8, 4) is 0 Å². The number of likely N-dealkylation sites (N-methyl/N-ethyl adjacent to an activating group) is 3. The van der Waals surface area contributed by atoms with Crippen LogP contribution in [0.1, 0.15) is 44.9 Å². The van der Waals surface area contributed by atoms with Crippen molar-refractivity contribution in [1.82, 2.24) is 15.1 Å². The Morgan fingerprint density at radius 3 is 2.33 bits per heavy atom. The molecule has 2 aliphatic rings. The summed E-state index contributed by atoms with van der Waals surface area (Å²) < 4.78 is 0. The quantitative estimate of drug-likeness (QED) is 0.713. The Kier molecular flexibility index (Phi) is 5.69. The molecule has 2 rings (SSSR count). The molecule has 0 amide bonds. The van der Waals surface area contributed by atoms with Crippen LogP contribution in [-0.2, 0) is 0 Å². The zero-order chi connectivity index (χ0) is 15.5. The molecule has 2 fully saturated rings. The lowest BCUT2D eigenvalue weighted by atomic mass is 9.75. The highest BCUT2D eigenvalue weighted by Gasteiger charge is 2.42. The lowest BCUT2D eigenvalue weighted by molar-refractivity contribution is 0.0247. The summed E-state index contributed by atoms with van der Waals surface area (Å²) in [5.74, 6) is 0.617. The summed E-state index contributed by atoms with van der Waals surface area (Å²) in [6.45, 7) is 2.60. The third-order valence-corrected chi connectivity index (χ3v) is 6.39. The van der Waals surface area contributed by atoms with E-state index in [2.05, 4.69) is 36.3 Å². The van der Waals surface area contributed by atoms with Crippen molar-refractivity contribution < 1.29 is 5.11 Å². The summed E-state index contributed by atoms with van der Waals surface area (Å²) in [5, 5.41) is 13.2. The van der Waals surface area contributed by atoms with Crippen LogP contribution in [-0.4, -0.2) is 73.9 Å². The van der Waals surface area contributed by atoms with Crippen LogP contribution in [0.3, 0.4) is 0 Å². The second kappa shape index (κ2) is 6.95. The van der Waals surface area contributed by atoms with Crippen molar-refractivity contribution in [2.24, 2.45) is 5.92 Å². The maximum absolute atomic E-state index is 9.78. The highest BCUT2D eigenvalue weighted by Crippen LogP contribution is 2.39. The summed E-state index contributed by atoms with van der Waals surface area (Å²) in [7, 11) is 8.72. The van der Waals surface area contributed by atoms with Crippen molar-refractivity contribution in [3.05, 3.63) is 0 Å². The monoisotopic (exact) mass is 297 g/mol. The van der Waals surface area contributed by atoms with E-state index in [0.717, 1.165) is 13.0 Å². The smallest absolute Gasteiger partial charge is 0.0615 e. The van der Waals surface area contributed by atoms with Crippen LogP contribution in [0.25, 0.3) is 0 Å². The molecule has 124 valence electrons. The number of rotatable bonds is 8. The molecule has 0 aromatic rings. The van der Waals surface area contributed by atoms with Gasteiger partial charge in [-0.3, -0.25) is 0 Å². The fraction of sp³-hybridized carbons (Fsp3) is 1.00. The molecule has 4 nitrogen and oxygen atoms in total. The van der Waals surface area contributed by atoms with E-state index in [1.54, 1.807) is 0 Å². The number of aliphatic hydroxyl groups excluding tert-OH is 1. The normalized spacial score (nSPS) is 31.9. The van der Waals surface area contributed by atoms with E-state index < -0.39 is 0 Å². The lowest BCUT2D eigenvalue weighted by Gasteiger charge is -2.49. The van der Waals surface area contributed by atoms with Gasteiger partial charge < -0.3 is 20.2 Å². The molecule has 0 aromatic carbocycles. The van der Waals surface area contributed by atoms with Crippen LogP contribution >= 0.6 is 0 Å². The first-order valence-corrected chi connectivity index (χ1v) is 8.64. The first-order chi connectivity index (χ1) is 9.98. The molecular formula is C17H35N3O. The van der Waals surface area contributed by atoms with Gasteiger partial charge in [0.15, 0.2) is 0 Å². The molecule has 2 unspecified atom stereocenters. The van der Waals surface area contributed by atoms with Gasteiger partial charge in [-0.2, -0.15) is 0 Å². The minimum atomic E-state index is -0.0173. The number of nitrogens with one attached hydrogen (secondary N) is 1. The van der Waals surface area contributed by atoms with E-state index in [1.165, 1.54) is 45.1 Å². The Balaban J connectivity index is 1.82. The van der Waals surface area contributed by atoms with Crippen LogP contribution in [0.15, 0.2) is 0 Å². The molecule has 0 aliphatic heterocycles. The van der Waals surface area contributed by atoms with Gasteiger partial charge in [-0.25, -0.2) is 0 Å². The summed E-state index contributed by atoms with van der Waals surface area (Å²) in [5.41, 5.74) is 0.401. The molecule has 0 heterocycles. The molecule has 2 aliphatic carbocycles. The van der Waals surface area contributed by atoms with Crippen LogP contribution in [0.5, 0.6) is 0 Å². The molecule has 4 heteroatoms. The van der Waals surface area contributed by atoms with E-state index in [0.29, 0.717) is 11.5 Å². The van der Waals surface area contributed by atoms with E-state index in [9.17, 15) is 5.11 Å². The van der Waals surface area contributed by atoms with Crippen LogP contribution < -0.4 is 5.32 Å². The summed E-state index contributed by atoms with van der Waals surface area (Å²) in [6.07, 6.45) is 8.88. The summed E-state index contributed by atoms with van der Waals surface area (Å²) >= 11 is 0. The zero-order valence-corrected chi connectivity index (χ0v) is 14.5. The van der Waals surface area contributed by atoms with Gasteiger partial charge in [-0.05, 0) is 79.2 Å². The number of aliphatic hydroxyl groups is 1. The molecule has 0 radical (unpaired) electrons. The van der Waals surface area contributed by atoms with E-state index >= 15 is 0 Å². The maximum Gasteiger partial charge on any atom is 0.0615 e. The fourth-order valence-corrected chi connectivity index (χ4v) is 4.47. The minimum absolute atomic E-state index is 0.0173. The molecule has 0 spiro atoms. The number of hydrogen-bond acceptors (Lipinski definition) is 4. The Hall–Kier alpha value is -0.160.